The first-order valence-electron chi connectivity index (χ1n) is 5.99. The smallest absolute Gasteiger partial charge is 0.257 e. The third kappa shape index (κ3) is 2.86. The van der Waals surface area contributed by atoms with Crippen LogP contribution in [0.25, 0.3) is 11.1 Å². The number of halogens is 1. The minimum absolute atomic E-state index is 0.000226. The normalized spacial score (nSPS) is 10.8. The van der Waals surface area contributed by atoms with Crippen molar-refractivity contribution < 1.29 is 9.21 Å². The number of ketones is 1. The predicted octanol–water partition coefficient (Wildman–Crippen LogP) is 4.46. The molecule has 0 saturated carbocycles. The van der Waals surface area contributed by atoms with Gasteiger partial charge in [0, 0.05) is 10.6 Å². The Hall–Kier alpha value is -1.78. The SMILES string of the molecule is O=C(CSc1nc2ccccc2o1)c1cccc(Cl)c1. The number of para-hydroxylation sites is 2. The standard InChI is InChI=1S/C15H10ClNO2S/c16-11-5-3-4-10(8-11)13(18)9-20-15-17-12-6-1-2-7-14(12)19-15/h1-8H,9H2. The molecule has 0 aliphatic rings. The highest BCUT2D eigenvalue weighted by molar-refractivity contribution is 7.99. The van der Waals surface area contributed by atoms with Gasteiger partial charge in [0.25, 0.3) is 5.22 Å². The predicted molar refractivity (Wildman–Crippen MR) is 80.5 cm³/mol. The maximum absolute atomic E-state index is 12.0. The van der Waals surface area contributed by atoms with Crippen LogP contribution in [0.4, 0.5) is 0 Å². The van der Waals surface area contributed by atoms with Crippen LogP contribution in [0.1, 0.15) is 10.4 Å². The second-order valence-electron chi connectivity index (χ2n) is 4.17. The number of carbonyl (C=O) groups excluding carboxylic acids is 1. The molecule has 1 heterocycles. The minimum atomic E-state index is -0.000226. The molecule has 0 spiro atoms. The highest BCUT2D eigenvalue weighted by atomic mass is 35.5. The number of hydrogen-bond acceptors (Lipinski definition) is 4. The van der Waals surface area contributed by atoms with Crippen molar-refractivity contribution in [2.24, 2.45) is 0 Å². The van der Waals surface area contributed by atoms with E-state index in [9.17, 15) is 4.79 Å². The number of aromatic nitrogens is 1. The molecule has 0 amide bonds. The number of nitrogens with zero attached hydrogens (tertiary/aromatic N) is 1. The first-order chi connectivity index (χ1) is 9.72. The molecule has 3 nitrogen and oxygen atoms in total. The van der Waals surface area contributed by atoms with Crippen LogP contribution in [0.15, 0.2) is 58.2 Å². The maximum atomic E-state index is 12.0. The molecule has 20 heavy (non-hydrogen) atoms. The Bertz CT molecular complexity index is 736. The van der Waals surface area contributed by atoms with Crippen molar-refractivity contribution in [1.29, 1.82) is 0 Å². The van der Waals surface area contributed by atoms with Crippen molar-refractivity contribution in [2.75, 3.05) is 5.75 Å². The van der Waals surface area contributed by atoms with E-state index in [0.29, 0.717) is 15.8 Å². The molecule has 0 bridgehead atoms. The second kappa shape index (κ2) is 5.69. The summed E-state index contributed by atoms with van der Waals surface area (Å²) in [5, 5.41) is 1.06. The molecule has 0 aliphatic heterocycles. The van der Waals surface area contributed by atoms with Crippen molar-refractivity contribution in [3.05, 3.63) is 59.1 Å². The summed E-state index contributed by atoms with van der Waals surface area (Å²) in [4.78, 5) is 16.4. The van der Waals surface area contributed by atoms with Crippen molar-refractivity contribution in [1.82, 2.24) is 4.98 Å². The lowest BCUT2D eigenvalue weighted by Gasteiger charge is -1.99. The lowest BCUT2D eigenvalue weighted by Crippen LogP contribution is -2.01. The number of hydrogen-bond donors (Lipinski definition) is 0. The zero-order chi connectivity index (χ0) is 13.9. The van der Waals surface area contributed by atoms with Crippen LogP contribution in [-0.4, -0.2) is 16.5 Å². The molecule has 1 aromatic heterocycles. The number of benzene rings is 2. The van der Waals surface area contributed by atoms with E-state index in [0.717, 1.165) is 11.1 Å². The van der Waals surface area contributed by atoms with Crippen LogP contribution in [0.2, 0.25) is 5.02 Å². The van der Waals surface area contributed by atoms with E-state index in [1.54, 1.807) is 24.3 Å². The molecule has 0 N–H and O–H groups in total. The number of oxazole rings is 1. The van der Waals surface area contributed by atoms with Crippen LogP contribution in [0.5, 0.6) is 0 Å². The van der Waals surface area contributed by atoms with Crippen molar-refractivity contribution in [2.45, 2.75) is 5.22 Å². The topological polar surface area (TPSA) is 43.1 Å². The Morgan fingerprint density at radius 1 is 1.20 bits per heavy atom. The third-order valence-electron chi connectivity index (χ3n) is 2.75. The third-order valence-corrected chi connectivity index (χ3v) is 3.81. The number of rotatable bonds is 4. The number of Topliss-reactive ketones (excluding diaryl/α,β-unsaturated/α-hetero) is 1. The molecular weight excluding hydrogens is 294 g/mol. The van der Waals surface area contributed by atoms with Gasteiger partial charge in [0.1, 0.15) is 5.52 Å². The Balaban J connectivity index is 1.71. The van der Waals surface area contributed by atoms with Gasteiger partial charge in [-0.2, -0.15) is 0 Å². The summed E-state index contributed by atoms with van der Waals surface area (Å²) in [6, 6.07) is 14.4. The van der Waals surface area contributed by atoms with Crippen molar-refractivity contribution in [3.8, 4) is 0 Å². The van der Waals surface area contributed by atoms with Gasteiger partial charge in [0.05, 0.1) is 5.75 Å². The summed E-state index contributed by atoms with van der Waals surface area (Å²) in [6.07, 6.45) is 0. The van der Waals surface area contributed by atoms with Crippen molar-refractivity contribution >= 4 is 40.2 Å². The average molecular weight is 304 g/mol. The fourth-order valence-electron chi connectivity index (χ4n) is 1.79. The monoisotopic (exact) mass is 303 g/mol. The molecule has 3 rings (SSSR count). The van der Waals surface area contributed by atoms with Gasteiger partial charge in [0.15, 0.2) is 11.4 Å². The van der Waals surface area contributed by atoms with E-state index in [2.05, 4.69) is 4.98 Å². The molecule has 0 fully saturated rings. The molecule has 5 heteroatoms. The van der Waals surface area contributed by atoms with E-state index >= 15 is 0 Å². The highest BCUT2D eigenvalue weighted by Gasteiger charge is 2.11. The Morgan fingerprint density at radius 2 is 2.05 bits per heavy atom. The zero-order valence-electron chi connectivity index (χ0n) is 10.4. The molecule has 3 aromatic rings. The lowest BCUT2D eigenvalue weighted by atomic mass is 10.1. The van der Waals surface area contributed by atoms with E-state index in [1.165, 1.54) is 11.8 Å². The Kier molecular flexibility index (Phi) is 3.76. The van der Waals surface area contributed by atoms with Gasteiger partial charge in [-0.15, -0.1) is 0 Å². The van der Waals surface area contributed by atoms with Crippen LogP contribution < -0.4 is 0 Å². The second-order valence-corrected chi connectivity index (χ2v) is 5.53. The summed E-state index contributed by atoms with van der Waals surface area (Å²) >= 11 is 7.15. The van der Waals surface area contributed by atoms with Gasteiger partial charge in [0.2, 0.25) is 0 Å². The number of carbonyl (C=O) groups is 1. The largest absolute Gasteiger partial charge is 0.431 e. The maximum Gasteiger partial charge on any atom is 0.257 e. The van der Waals surface area contributed by atoms with Gasteiger partial charge >= 0.3 is 0 Å². The number of fused-ring (bicyclic) bond motifs is 1. The molecule has 0 atom stereocenters. The summed E-state index contributed by atoms with van der Waals surface area (Å²) in [6.45, 7) is 0. The Morgan fingerprint density at radius 3 is 2.85 bits per heavy atom. The first-order valence-corrected chi connectivity index (χ1v) is 7.36. The molecular formula is C15H10ClNO2S. The van der Waals surface area contributed by atoms with Gasteiger partial charge in [-0.1, -0.05) is 47.6 Å². The van der Waals surface area contributed by atoms with Crippen LogP contribution in [0.3, 0.4) is 0 Å². The molecule has 0 saturated heterocycles. The van der Waals surface area contributed by atoms with Crippen LogP contribution in [-0.2, 0) is 0 Å². The van der Waals surface area contributed by atoms with Crippen LogP contribution >= 0.6 is 23.4 Å². The van der Waals surface area contributed by atoms with E-state index in [-0.39, 0.29) is 11.5 Å². The minimum Gasteiger partial charge on any atom is -0.431 e. The average Bonchev–Trinajstić information content (AvgIpc) is 2.87. The van der Waals surface area contributed by atoms with Gasteiger partial charge in [-0.25, -0.2) is 4.98 Å². The summed E-state index contributed by atoms with van der Waals surface area (Å²) in [5.74, 6) is 0.271. The Labute approximate surface area is 125 Å². The van der Waals surface area contributed by atoms with Gasteiger partial charge in [-0.05, 0) is 24.3 Å². The van der Waals surface area contributed by atoms with E-state index < -0.39 is 0 Å². The van der Waals surface area contributed by atoms with E-state index in [4.69, 9.17) is 16.0 Å². The molecule has 2 aromatic carbocycles. The molecule has 100 valence electrons. The fourth-order valence-corrected chi connectivity index (χ4v) is 2.71. The molecule has 0 unspecified atom stereocenters. The van der Waals surface area contributed by atoms with Crippen LogP contribution in [0, 0.1) is 0 Å². The van der Waals surface area contributed by atoms with Gasteiger partial charge < -0.3 is 4.42 Å². The first kappa shape index (κ1) is 13.2. The number of thioether (sulfide) groups is 1. The summed E-state index contributed by atoms with van der Waals surface area (Å²) < 4.78 is 5.55. The van der Waals surface area contributed by atoms with Crippen molar-refractivity contribution in [3.63, 3.8) is 0 Å². The molecule has 0 radical (unpaired) electrons. The highest BCUT2D eigenvalue weighted by Crippen LogP contribution is 2.24. The quantitative estimate of drug-likeness (QED) is 0.527. The summed E-state index contributed by atoms with van der Waals surface area (Å²) in [5.41, 5.74) is 2.12. The summed E-state index contributed by atoms with van der Waals surface area (Å²) in [7, 11) is 0. The lowest BCUT2D eigenvalue weighted by molar-refractivity contribution is 0.102. The van der Waals surface area contributed by atoms with Gasteiger partial charge in [-0.3, -0.25) is 4.79 Å². The fraction of sp³-hybridized carbons (Fsp3) is 0.0667. The van der Waals surface area contributed by atoms with E-state index in [1.807, 2.05) is 24.3 Å². The zero-order valence-corrected chi connectivity index (χ0v) is 11.9. The molecule has 0 aliphatic carbocycles.